The molecule has 6 rings (SSSR count). The van der Waals surface area contributed by atoms with E-state index in [1.165, 1.54) is 0 Å². The zero-order valence-corrected chi connectivity index (χ0v) is 38.5. The maximum absolute atomic E-state index is 6.42. The zero-order chi connectivity index (χ0) is 40.1. The molecule has 0 spiro atoms. The van der Waals surface area contributed by atoms with Crippen LogP contribution in [0.25, 0.3) is 11.1 Å². The Hall–Kier alpha value is -4.69. The van der Waals surface area contributed by atoms with Gasteiger partial charge in [0.15, 0.2) is 16.6 Å². The maximum atomic E-state index is 6.42. The Labute approximate surface area is 339 Å². The zero-order valence-electron chi connectivity index (χ0n) is 34.5. The molecule has 0 aliphatic heterocycles. The second-order valence-corrected chi connectivity index (χ2v) is 32.9. The van der Waals surface area contributed by atoms with Gasteiger partial charge in [-0.25, -0.2) is 0 Å². The lowest BCUT2D eigenvalue weighted by Crippen LogP contribution is -2.47. The molecule has 0 saturated carbocycles. The number of benzene rings is 6. The van der Waals surface area contributed by atoms with Crippen LogP contribution in [0.2, 0.25) is 65.5 Å². The van der Waals surface area contributed by atoms with E-state index in [4.69, 9.17) is 17.1 Å². The van der Waals surface area contributed by atoms with Crippen LogP contribution in [-0.2, 0) is 8.23 Å². The van der Waals surface area contributed by atoms with E-state index < -0.39 is 33.8 Å². The monoisotopic (exact) mass is 812 g/mol. The minimum Gasteiger partial charge on any atom is -0.521 e. The summed E-state index contributed by atoms with van der Waals surface area (Å²) in [6.45, 7) is 21.7. The molecule has 0 aliphatic rings. The summed E-state index contributed by atoms with van der Waals surface area (Å²) in [5.41, 5.74) is 8.71. The van der Waals surface area contributed by atoms with Gasteiger partial charge in [0.25, 0.3) is 0 Å². The standard InChI is InChI=1S/C46H56N2O4Si4/c1-53(2,3)51-55(7,8)49-45-33-29-43(30-34-45)47(39-17-13-11-14-18-39)41-25-21-37(22-26-41)38-23-27-42(28-24-38)48(40-19-15-12-16-20-40)44-31-35-46(36-32-44)50-56(9,10)52-54(4,5)6/h11-36H,1-10H3. The van der Waals surface area contributed by atoms with Crippen LogP contribution in [0.5, 0.6) is 11.5 Å². The molecule has 0 aromatic heterocycles. The Kier molecular flexibility index (Phi) is 12.3. The molecule has 0 radical (unpaired) electrons. The third-order valence-corrected chi connectivity index (χ3v) is 18.9. The lowest BCUT2D eigenvalue weighted by molar-refractivity contribution is 0.396. The molecule has 0 saturated heterocycles. The Balaban J connectivity index is 1.23. The van der Waals surface area contributed by atoms with Crippen molar-refractivity contribution < 1.29 is 17.1 Å². The molecule has 0 aliphatic carbocycles. The molecule has 6 nitrogen and oxygen atoms in total. The molecular weight excluding hydrogens is 757 g/mol. The van der Waals surface area contributed by atoms with Crippen molar-refractivity contribution in [1.82, 2.24) is 0 Å². The van der Waals surface area contributed by atoms with Gasteiger partial charge < -0.3 is 26.9 Å². The first kappa shape index (κ1) is 41.0. The van der Waals surface area contributed by atoms with Crippen LogP contribution in [-0.4, -0.2) is 33.8 Å². The third-order valence-electron chi connectivity index (χ3n) is 8.63. The minimum absolute atomic E-state index is 0.834. The lowest BCUT2D eigenvalue weighted by Gasteiger charge is -2.31. The fraction of sp³-hybridized carbons (Fsp3) is 0.217. The number of nitrogens with zero attached hydrogens (tertiary/aromatic N) is 2. The van der Waals surface area contributed by atoms with Gasteiger partial charge in [0, 0.05) is 34.1 Å². The highest BCUT2D eigenvalue weighted by molar-refractivity contribution is 6.82. The summed E-state index contributed by atoms with van der Waals surface area (Å²) in [6.07, 6.45) is 0. The molecule has 0 bridgehead atoms. The van der Waals surface area contributed by atoms with Crippen LogP contribution < -0.4 is 18.7 Å². The van der Waals surface area contributed by atoms with Gasteiger partial charge in [-0.2, -0.15) is 0 Å². The Bertz CT molecular complexity index is 1990. The van der Waals surface area contributed by atoms with E-state index in [9.17, 15) is 0 Å². The Morgan fingerprint density at radius 1 is 0.304 bits per heavy atom. The predicted octanol–water partition coefficient (Wildman–Crippen LogP) is 14.2. The van der Waals surface area contributed by atoms with Crippen LogP contribution >= 0.6 is 0 Å². The van der Waals surface area contributed by atoms with E-state index in [2.05, 4.69) is 221 Å². The summed E-state index contributed by atoms with van der Waals surface area (Å²) < 4.78 is 25.7. The largest absolute Gasteiger partial charge is 0.521 e. The number of anilines is 6. The molecule has 0 fully saturated rings. The van der Waals surface area contributed by atoms with Gasteiger partial charge >= 0.3 is 17.1 Å². The molecule has 56 heavy (non-hydrogen) atoms. The molecule has 6 aromatic rings. The molecule has 0 N–H and O–H groups in total. The van der Waals surface area contributed by atoms with Crippen LogP contribution in [0, 0.1) is 0 Å². The fourth-order valence-electron chi connectivity index (χ4n) is 7.07. The average molecular weight is 813 g/mol. The van der Waals surface area contributed by atoms with Crippen molar-refractivity contribution in [2.45, 2.75) is 65.5 Å². The highest BCUT2D eigenvalue weighted by atomic mass is 28.4. The molecule has 0 heterocycles. The average Bonchev–Trinajstić information content (AvgIpc) is 3.12. The maximum Gasteiger partial charge on any atom is 0.382 e. The van der Waals surface area contributed by atoms with Gasteiger partial charge in [-0.3, -0.25) is 0 Å². The van der Waals surface area contributed by atoms with Gasteiger partial charge in [0.2, 0.25) is 0 Å². The number of rotatable bonds is 15. The van der Waals surface area contributed by atoms with Gasteiger partial charge in [-0.15, -0.1) is 0 Å². The second-order valence-electron chi connectivity index (χ2n) is 16.9. The van der Waals surface area contributed by atoms with E-state index >= 15 is 0 Å². The van der Waals surface area contributed by atoms with Gasteiger partial charge in [-0.1, -0.05) is 60.7 Å². The van der Waals surface area contributed by atoms with Gasteiger partial charge in [0.1, 0.15) is 11.5 Å². The van der Waals surface area contributed by atoms with E-state index in [1.54, 1.807) is 0 Å². The summed E-state index contributed by atoms with van der Waals surface area (Å²) in [4.78, 5) is 4.54. The molecule has 10 heteroatoms. The van der Waals surface area contributed by atoms with Crippen molar-refractivity contribution in [1.29, 1.82) is 0 Å². The second kappa shape index (κ2) is 16.8. The van der Waals surface area contributed by atoms with Crippen molar-refractivity contribution in [3.63, 3.8) is 0 Å². The fourth-order valence-corrected chi connectivity index (χ4v) is 20.6. The highest BCUT2D eigenvalue weighted by Gasteiger charge is 2.34. The molecule has 0 amide bonds. The first-order valence-electron chi connectivity index (χ1n) is 19.3. The summed E-state index contributed by atoms with van der Waals surface area (Å²) in [6, 6.07) is 55.2. The Morgan fingerprint density at radius 3 is 0.821 bits per heavy atom. The van der Waals surface area contributed by atoms with Crippen molar-refractivity contribution >= 4 is 67.9 Å². The van der Waals surface area contributed by atoms with E-state index in [-0.39, 0.29) is 0 Å². The third kappa shape index (κ3) is 11.2. The van der Waals surface area contributed by atoms with Crippen molar-refractivity contribution in [2.24, 2.45) is 0 Å². The van der Waals surface area contributed by atoms with Crippen molar-refractivity contribution in [2.75, 3.05) is 9.80 Å². The van der Waals surface area contributed by atoms with Gasteiger partial charge in [-0.05, 0) is 174 Å². The van der Waals surface area contributed by atoms with E-state index in [0.29, 0.717) is 0 Å². The molecular formula is C46H56N2O4Si4. The van der Waals surface area contributed by atoms with E-state index in [1.807, 2.05) is 12.1 Å². The molecule has 0 unspecified atom stereocenters. The molecule has 6 aromatic carbocycles. The summed E-state index contributed by atoms with van der Waals surface area (Å²) in [5.74, 6) is 1.67. The minimum atomic E-state index is -2.31. The molecule has 0 atom stereocenters. The topological polar surface area (TPSA) is 43.4 Å². The number of para-hydroxylation sites is 2. The summed E-state index contributed by atoms with van der Waals surface area (Å²) in [5, 5.41) is 0. The smallest absolute Gasteiger partial charge is 0.382 e. The lowest BCUT2D eigenvalue weighted by atomic mass is 10.0. The van der Waals surface area contributed by atoms with E-state index in [0.717, 1.165) is 56.8 Å². The highest BCUT2D eigenvalue weighted by Crippen LogP contribution is 2.39. The van der Waals surface area contributed by atoms with Crippen LogP contribution in [0.4, 0.5) is 34.1 Å². The normalized spacial score (nSPS) is 12.2. The number of hydrogen-bond acceptors (Lipinski definition) is 6. The SMILES string of the molecule is C[Si](C)(C)O[Si](C)(C)Oc1ccc(N(c2ccccc2)c2ccc(-c3ccc(N(c4ccccc4)c4ccc(O[Si](C)(C)O[Si](C)(C)C)cc4)cc3)cc2)cc1. The van der Waals surface area contributed by atoms with Crippen molar-refractivity contribution in [3.05, 3.63) is 158 Å². The van der Waals surface area contributed by atoms with Crippen LogP contribution in [0.15, 0.2) is 158 Å². The summed E-state index contributed by atoms with van der Waals surface area (Å²) in [7, 11) is -8.07. The van der Waals surface area contributed by atoms with Crippen LogP contribution in [0.3, 0.4) is 0 Å². The first-order valence-corrected chi connectivity index (χ1v) is 31.8. The summed E-state index contributed by atoms with van der Waals surface area (Å²) >= 11 is 0. The van der Waals surface area contributed by atoms with Crippen LogP contribution in [0.1, 0.15) is 0 Å². The first-order chi connectivity index (χ1) is 26.4. The van der Waals surface area contributed by atoms with Crippen molar-refractivity contribution in [3.8, 4) is 22.6 Å². The quantitative estimate of drug-likeness (QED) is 0.0962. The number of hydrogen-bond donors (Lipinski definition) is 0. The molecule has 290 valence electrons. The Morgan fingerprint density at radius 2 is 0.554 bits per heavy atom. The predicted molar refractivity (Wildman–Crippen MR) is 246 cm³/mol. The van der Waals surface area contributed by atoms with Gasteiger partial charge in [0.05, 0.1) is 0 Å².